The largest absolute Gasteiger partial charge is 0.351 e. The highest BCUT2D eigenvalue weighted by Crippen LogP contribution is 2.18. The Morgan fingerprint density at radius 3 is 3.05 bits per heavy atom. The van der Waals surface area contributed by atoms with Crippen molar-refractivity contribution >= 4 is 5.91 Å². The van der Waals surface area contributed by atoms with E-state index < -0.39 is 0 Å². The Morgan fingerprint density at radius 1 is 1.45 bits per heavy atom. The zero-order valence-corrected chi connectivity index (χ0v) is 12.1. The summed E-state index contributed by atoms with van der Waals surface area (Å²) in [5, 5.41) is 2.87. The average molecular weight is 278 g/mol. The summed E-state index contributed by atoms with van der Waals surface area (Å²) in [6.45, 7) is 4.83. The van der Waals surface area contributed by atoms with Crippen LogP contribution in [0.3, 0.4) is 0 Å². The maximum Gasteiger partial charge on any atom is 0.251 e. The smallest absolute Gasteiger partial charge is 0.251 e. The van der Waals surface area contributed by atoms with Crippen molar-refractivity contribution in [2.45, 2.75) is 38.6 Å². The first-order valence-corrected chi connectivity index (χ1v) is 7.48. The highest BCUT2D eigenvalue weighted by molar-refractivity contribution is 5.94. The van der Waals surface area contributed by atoms with Crippen LogP contribution in [0.5, 0.6) is 0 Å². The fraction of sp³-hybridized carbons (Fsp3) is 0.562. The zero-order valence-electron chi connectivity index (χ0n) is 12.1. The van der Waals surface area contributed by atoms with Gasteiger partial charge in [0.15, 0.2) is 0 Å². The number of benzene rings is 1. The first kappa shape index (κ1) is 15.0. The molecule has 0 spiro atoms. The second-order valence-corrected chi connectivity index (χ2v) is 5.36. The summed E-state index contributed by atoms with van der Waals surface area (Å²) in [5.74, 6) is -0.575. The predicted molar refractivity (Wildman–Crippen MR) is 78.2 cm³/mol. The molecule has 20 heavy (non-hydrogen) atoms. The van der Waals surface area contributed by atoms with Gasteiger partial charge in [0, 0.05) is 24.7 Å². The van der Waals surface area contributed by atoms with E-state index in [0.717, 1.165) is 19.5 Å². The Bertz CT molecular complexity index is 450. The van der Waals surface area contributed by atoms with Crippen molar-refractivity contribution in [1.82, 2.24) is 10.2 Å². The number of hydrogen-bond donors (Lipinski definition) is 1. The van der Waals surface area contributed by atoms with E-state index in [9.17, 15) is 9.18 Å². The normalized spacial score (nSPS) is 19.8. The van der Waals surface area contributed by atoms with Gasteiger partial charge in [-0.1, -0.05) is 19.4 Å². The van der Waals surface area contributed by atoms with Crippen LogP contribution in [0.4, 0.5) is 4.39 Å². The molecule has 1 atom stereocenters. The minimum Gasteiger partial charge on any atom is -0.351 e. The maximum absolute atomic E-state index is 13.0. The molecule has 1 N–H and O–H groups in total. The molecule has 0 aromatic heterocycles. The predicted octanol–water partition coefficient (Wildman–Crippen LogP) is 2.82. The van der Waals surface area contributed by atoms with Gasteiger partial charge in [-0.3, -0.25) is 9.69 Å². The van der Waals surface area contributed by atoms with Gasteiger partial charge in [-0.25, -0.2) is 4.39 Å². The van der Waals surface area contributed by atoms with Gasteiger partial charge in [0.2, 0.25) is 0 Å². The number of nitrogens with one attached hydrogen (secondary N) is 1. The number of rotatable bonds is 5. The third kappa shape index (κ3) is 4.04. The number of halogens is 1. The molecular weight excluding hydrogens is 255 g/mol. The molecule has 2 rings (SSSR count). The monoisotopic (exact) mass is 278 g/mol. The molecule has 0 radical (unpaired) electrons. The van der Waals surface area contributed by atoms with Crippen LogP contribution < -0.4 is 5.32 Å². The molecule has 1 aromatic carbocycles. The molecule has 1 unspecified atom stereocenters. The van der Waals surface area contributed by atoms with Crippen molar-refractivity contribution < 1.29 is 9.18 Å². The van der Waals surface area contributed by atoms with Gasteiger partial charge in [0.25, 0.3) is 5.91 Å². The fourth-order valence-corrected chi connectivity index (χ4v) is 2.86. The second kappa shape index (κ2) is 7.39. The Kier molecular flexibility index (Phi) is 5.53. The van der Waals surface area contributed by atoms with E-state index in [1.807, 2.05) is 0 Å². The van der Waals surface area contributed by atoms with Crippen LogP contribution in [0, 0.1) is 5.82 Å². The molecular formula is C16H23FN2O. The third-order valence-corrected chi connectivity index (χ3v) is 3.99. The van der Waals surface area contributed by atoms with Crippen LogP contribution in [0.2, 0.25) is 0 Å². The summed E-state index contributed by atoms with van der Waals surface area (Å²) in [5.41, 5.74) is 0.385. The summed E-state index contributed by atoms with van der Waals surface area (Å²) in [7, 11) is 0. The summed E-state index contributed by atoms with van der Waals surface area (Å²) >= 11 is 0. The topological polar surface area (TPSA) is 32.3 Å². The highest BCUT2D eigenvalue weighted by atomic mass is 19.1. The molecule has 110 valence electrons. The van der Waals surface area contributed by atoms with E-state index in [2.05, 4.69) is 17.1 Å². The van der Waals surface area contributed by atoms with Crippen LogP contribution in [0.15, 0.2) is 24.3 Å². The van der Waals surface area contributed by atoms with Crippen LogP contribution >= 0.6 is 0 Å². The summed E-state index contributed by atoms with van der Waals surface area (Å²) in [6.07, 6.45) is 4.98. The van der Waals surface area contributed by atoms with Crippen LogP contribution in [-0.2, 0) is 0 Å². The Morgan fingerprint density at radius 2 is 2.30 bits per heavy atom. The Labute approximate surface area is 120 Å². The lowest BCUT2D eigenvalue weighted by molar-refractivity contribution is 0.0933. The second-order valence-electron chi connectivity index (χ2n) is 5.36. The number of likely N-dealkylation sites (tertiary alicyclic amines) is 1. The van der Waals surface area contributed by atoms with Crippen molar-refractivity contribution in [3.05, 3.63) is 35.6 Å². The molecule has 1 heterocycles. The first-order chi connectivity index (χ1) is 9.70. The molecule has 0 saturated carbocycles. The van der Waals surface area contributed by atoms with Gasteiger partial charge in [-0.05, 0) is 44.0 Å². The Hall–Kier alpha value is -1.42. The van der Waals surface area contributed by atoms with Gasteiger partial charge in [0.1, 0.15) is 5.82 Å². The van der Waals surface area contributed by atoms with Crippen molar-refractivity contribution in [2.75, 3.05) is 19.6 Å². The maximum atomic E-state index is 13.0. The minimum atomic E-state index is -0.375. The lowest BCUT2D eigenvalue weighted by atomic mass is 10.0. The first-order valence-electron chi connectivity index (χ1n) is 7.48. The van der Waals surface area contributed by atoms with E-state index in [1.54, 1.807) is 12.1 Å². The minimum absolute atomic E-state index is 0.199. The summed E-state index contributed by atoms with van der Waals surface area (Å²) < 4.78 is 13.0. The Balaban J connectivity index is 1.79. The molecule has 3 nitrogen and oxygen atoms in total. The fourth-order valence-electron chi connectivity index (χ4n) is 2.86. The highest BCUT2D eigenvalue weighted by Gasteiger charge is 2.20. The molecule has 1 fully saturated rings. The summed E-state index contributed by atoms with van der Waals surface area (Å²) in [6, 6.07) is 6.45. The van der Waals surface area contributed by atoms with Crippen molar-refractivity contribution in [2.24, 2.45) is 0 Å². The van der Waals surface area contributed by atoms with E-state index in [-0.39, 0.29) is 11.7 Å². The van der Waals surface area contributed by atoms with Crippen LogP contribution in [-0.4, -0.2) is 36.5 Å². The van der Waals surface area contributed by atoms with Gasteiger partial charge in [-0.2, -0.15) is 0 Å². The molecule has 1 saturated heterocycles. The van der Waals surface area contributed by atoms with Crippen LogP contribution in [0.1, 0.15) is 43.0 Å². The molecule has 0 bridgehead atoms. The van der Waals surface area contributed by atoms with Crippen molar-refractivity contribution in [3.8, 4) is 0 Å². The number of piperidine rings is 1. The lowest BCUT2D eigenvalue weighted by Gasteiger charge is -2.35. The van der Waals surface area contributed by atoms with E-state index >= 15 is 0 Å². The number of hydrogen-bond acceptors (Lipinski definition) is 2. The van der Waals surface area contributed by atoms with E-state index in [4.69, 9.17) is 0 Å². The summed E-state index contributed by atoms with van der Waals surface area (Å²) in [4.78, 5) is 14.3. The quantitative estimate of drug-likeness (QED) is 0.898. The molecule has 0 aliphatic carbocycles. The molecule has 1 aliphatic heterocycles. The van der Waals surface area contributed by atoms with E-state index in [0.29, 0.717) is 18.2 Å². The van der Waals surface area contributed by atoms with Crippen molar-refractivity contribution in [1.29, 1.82) is 0 Å². The van der Waals surface area contributed by atoms with E-state index in [1.165, 1.54) is 31.4 Å². The average Bonchev–Trinajstić information content (AvgIpc) is 2.47. The zero-order chi connectivity index (χ0) is 14.4. The molecule has 1 amide bonds. The third-order valence-electron chi connectivity index (χ3n) is 3.99. The number of carbonyl (C=O) groups excluding carboxylic acids is 1. The SMILES string of the molecule is CCC1CCCCN1CCNC(=O)c1cccc(F)c1. The van der Waals surface area contributed by atoms with Gasteiger partial charge in [0.05, 0.1) is 0 Å². The van der Waals surface area contributed by atoms with Gasteiger partial charge < -0.3 is 5.32 Å². The van der Waals surface area contributed by atoms with Crippen molar-refractivity contribution in [3.63, 3.8) is 0 Å². The lowest BCUT2D eigenvalue weighted by Crippen LogP contribution is -2.43. The van der Waals surface area contributed by atoms with Gasteiger partial charge in [-0.15, -0.1) is 0 Å². The number of carbonyl (C=O) groups is 1. The standard InChI is InChI=1S/C16H23FN2O/c1-2-15-8-3-4-10-19(15)11-9-18-16(20)13-6-5-7-14(17)12-13/h5-7,12,15H,2-4,8-11H2,1H3,(H,18,20). The number of amides is 1. The number of nitrogens with zero attached hydrogens (tertiary/aromatic N) is 1. The molecule has 1 aromatic rings. The van der Waals surface area contributed by atoms with Gasteiger partial charge >= 0.3 is 0 Å². The van der Waals surface area contributed by atoms with Crippen LogP contribution in [0.25, 0.3) is 0 Å². The molecule has 4 heteroatoms. The molecule has 1 aliphatic rings.